The summed E-state index contributed by atoms with van der Waals surface area (Å²) in [6, 6.07) is 12.2. The second-order valence-corrected chi connectivity index (χ2v) is 7.00. The van der Waals surface area contributed by atoms with Crippen LogP contribution in [0.15, 0.2) is 48.5 Å². The van der Waals surface area contributed by atoms with Crippen molar-refractivity contribution in [3.63, 3.8) is 0 Å². The highest BCUT2D eigenvalue weighted by molar-refractivity contribution is 6.08. The summed E-state index contributed by atoms with van der Waals surface area (Å²) in [6.07, 6.45) is 1.27. The van der Waals surface area contributed by atoms with Gasteiger partial charge in [0.1, 0.15) is 18.3 Å². The zero-order valence-corrected chi connectivity index (χ0v) is 17.3. The third-order valence-corrected chi connectivity index (χ3v) is 4.77. The van der Waals surface area contributed by atoms with Crippen LogP contribution in [0.1, 0.15) is 30.1 Å². The molecule has 9 nitrogen and oxygen atoms in total. The fourth-order valence-corrected chi connectivity index (χ4v) is 3.20. The maximum atomic E-state index is 12.5. The molecule has 1 aliphatic heterocycles. The largest absolute Gasteiger partial charge is 0.495 e. The first kappa shape index (κ1) is 21.8. The monoisotopic (exact) mass is 424 g/mol. The summed E-state index contributed by atoms with van der Waals surface area (Å²) in [5.74, 6) is -0.692. The highest BCUT2D eigenvalue weighted by Crippen LogP contribution is 2.24. The molecule has 5 amide bonds. The van der Waals surface area contributed by atoms with Gasteiger partial charge in [-0.1, -0.05) is 25.5 Å². The van der Waals surface area contributed by atoms with Gasteiger partial charge in [-0.15, -0.1) is 0 Å². The number of nitrogens with one attached hydrogen (secondary N) is 3. The van der Waals surface area contributed by atoms with Crippen LogP contribution in [-0.4, -0.2) is 48.3 Å². The average molecular weight is 424 g/mol. The number of benzene rings is 2. The van der Waals surface area contributed by atoms with Crippen LogP contribution < -0.4 is 20.7 Å². The van der Waals surface area contributed by atoms with Crippen molar-refractivity contribution in [2.45, 2.75) is 25.8 Å². The SMILES string of the molecule is CCC[C@H]1NC(=O)N(CC(=O)Nc2ccc(C(=O)Nc3ccccc3OC)cc2)C1=O. The van der Waals surface area contributed by atoms with E-state index in [-0.39, 0.29) is 12.5 Å². The van der Waals surface area contributed by atoms with E-state index in [2.05, 4.69) is 16.0 Å². The number of imide groups is 1. The van der Waals surface area contributed by atoms with Crippen molar-refractivity contribution < 1.29 is 23.9 Å². The van der Waals surface area contributed by atoms with Crippen molar-refractivity contribution in [2.24, 2.45) is 0 Å². The lowest BCUT2D eigenvalue weighted by Crippen LogP contribution is -2.38. The first-order valence-corrected chi connectivity index (χ1v) is 9.89. The van der Waals surface area contributed by atoms with Crippen molar-refractivity contribution >= 4 is 35.1 Å². The summed E-state index contributed by atoms with van der Waals surface area (Å²) < 4.78 is 5.22. The van der Waals surface area contributed by atoms with Crippen LogP contribution in [0.25, 0.3) is 0 Å². The number of ether oxygens (including phenoxy) is 1. The van der Waals surface area contributed by atoms with Gasteiger partial charge in [0, 0.05) is 11.3 Å². The Bertz CT molecular complexity index is 990. The van der Waals surface area contributed by atoms with Gasteiger partial charge < -0.3 is 20.7 Å². The van der Waals surface area contributed by atoms with Crippen LogP contribution in [0.3, 0.4) is 0 Å². The molecule has 0 bridgehead atoms. The number of methoxy groups -OCH3 is 1. The van der Waals surface area contributed by atoms with E-state index in [9.17, 15) is 19.2 Å². The van der Waals surface area contributed by atoms with Crippen molar-refractivity contribution in [1.82, 2.24) is 10.2 Å². The number of anilines is 2. The molecular formula is C22H24N4O5. The maximum Gasteiger partial charge on any atom is 0.325 e. The molecule has 2 aromatic carbocycles. The van der Waals surface area contributed by atoms with Crippen LogP contribution in [0.2, 0.25) is 0 Å². The summed E-state index contributed by atoms with van der Waals surface area (Å²) >= 11 is 0. The minimum Gasteiger partial charge on any atom is -0.495 e. The number of carbonyl (C=O) groups excluding carboxylic acids is 4. The lowest BCUT2D eigenvalue weighted by atomic mass is 10.1. The van der Waals surface area contributed by atoms with Crippen LogP contribution in [-0.2, 0) is 9.59 Å². The number of carbonyl (C=O) groups is 4. The maximum absolute atomic E-state index is 12.5. The van der Waals surface area contributed by atoms with Gasteiger partial charge in [-0.2, -0.15) is 0 Å². The number of rotatable bonds is 8. The highest BCUT2D eigenvalue weighted by atomic mass is 16.5. The van der Waals surface area contributed by atoms with Crippen molar-refractivity contribution in [2.75, 3.05) is 24.3 Å². The number of nitrogens with zero attached hydrogens (tertiary/aromatic N) is 1. The molecule has 0 aromatic heterocycles. The third kappa shape index (κ3) is 5.19. The minimum absolute atomic E-state index is 0.330. The number of amides is 5. The number of hydrogen-bond donors (Lipinski definition) is 3. The molecule has 0 aliphatic carbocycles. The summed E-state index contributed by atoms with van der Waals surface area (Å²) in [6.45, 7) is 1.54. The summed E-state index contributed by atoms with van der Waals surface area (Å²) in [7, 11) is 1.52. The Kier molecular flexibility index (Phi) is 6.86. The van der Waals surface area contributed by atoms with Crippen LogP contribution in [0.4, 0.5) is 16.2 Å². The van der Waals surface area contributed by atoms with Crippen molar-refractivity contribution in [1.29, 1.82) is 0 Å². The van der Waals surface area contributed by atoms with E-state index >= 15 is 0 Å². The second kappa shape index (κ2) is 9.75. The zero-order chi connectivity index (χ0) is 22.4. The Labute approximate surface area is 179 Å². The Balaban J connectivity index is 1.58. The van der Waals surface area contributed by atoms with E-state index in [0.717, 1.165) is 11.3 Å². The number of para-hydroxylation sites is 2. The molecule has 1 fully saturated rings. The quantitative estimate of drug-likeness (QED) is 0.563. The van der Waals surface area contributed by atoms with E-state index in [1.165, 1.54) is 7.11 Å². The summed E-state index contributed by atoms with van der Waals surface area (Å²) in [4.78, 5) is 49.8. The molecule has 2 aromatic rings. The van der Waals surface area contributed by atoms with Gasteiger partial charge in [0.25, 0.3) is 11.8 Å². The summed E-state index contributed by atoms with van der Waals surface area (Å²) in [5, 5.41) is 7.97. The standard InChI is InChI=1S/C22H24N4O5/c1-3-6-17-21(29)26(22(30)25-17)13-19(27)23-15-11-9-14(10-12-15)20(28)24-16-7-4-5-8-18(16)31-2/h4-5,7-12,17H,3,6,13H2,1-2H3,(H,23,27)(H,24,28)(H,25,30)/t17-/m1/s1. The Hall–Kier alpha value is -3.88. The predicted octanol–water partition coefficient (Wildman–Crippen LogP) is 2.61. The first-order chi connectivity index (χ1) is 14.9. The predicted molar refractivity (Wildman–Crippen MR) is 115 cm³/mol. The zero-order valence-electron chi connectivity index (χ0n) is 17.3. The van der Waals surface area contributed by atoms with Crippen molar-refractivity contribution in [3.05, 3.63) is 54.1 Å². The van der Waals surface area contributed by atoms with Gasteiger partial charge in [0.2, 0.25) is 5.91 Å². The third-order valence-electron chi connectivity index (χ3n) is 4.77. The highest BCUT2D eigenvalue weighted by Gasteiger charge is 2.38. The molecule has 0 unspecified atom stereocenters. The average Bonchev–Trinajstić information content (AvgIpc) is 3.02. The van der Waals surface area contributed by atoms with Gasteiger partial charge in [0.05, 0.1) is 12.8 Å². The van der Waals surface area contributed by atoms with Crippen molar-refractivity contribution in [3.8, 4) is 5.75 Å². The minimum atomic E-state index is -0.577. The Morgan fingerprint density at radius 2 is 1.77 bits per heavy atom. The molecule has 9 heteroatoms. The van der Waals surface area contributed by atoms with Gasteiger partial charge in [-0.3, -0.25) is 19.3 Å². The molecular weight excluding hydrogens is 400 g/mol. The van der Waals surface area contributed by atoms with Crippen LogP contribution in [0, 0.1) is 0 Å². The lowest BCUT2D eigenvalue weighted by molar-refractivity contribution is -0.130. The van der Waals surface area contributed by atoms with E-state index in [1.54, 1.807) is 48.5 Å². The lowest BCUT2D eigenvalue weighted by Gasteiger charge is -2.13. The molecule has 1 atom stereocenters. The second-order valence-electron chi connectivity index (χ2n) is 7.00. The normalized spacial score (nSPS) is 15.4. The van der Waals surface area contributed by atoms with Gasteiger partial charge in [0.15, 0.2) is 0 Å². The van der Waals surface area contributed by atoms with E-state index < -0.39 is 23.9 Å². The van der Waals surface area contributed by atoms with Crippen LogP contribution >= 0.6 is 0 Å². The number of urea groups is 1. The molecule has 162 valence electrons. The molecule has 1 saturated heterocycles. The molecule has 0 saturated carbocycles. The first-order valence-electron chi connectivity index (χ1n) is 9.89. The summed E-state index contributed by atoms with van der Waals surface area (Å²) in [5.41, 5.74) is 1.37. The molecule has 31 heavy (non-hydrogen) atoms. The number of hydrogen-bond acceptors (Lipinski definition) is 5. The van der Waals surface area contributed by atoms with Gasteiger partial charge >= 0.3 is 6.03 Å². The van der Waals surface area contributed by atoms with Gasteiger partial charge in [-0.25, -0.2) is 4.79 Å². The van der Waals surface area contributed by atoms with E-state index in [0.29, 0.717) is 29.1 Å². The van der Waals surface area contributed by atoms with Crippen LogP contribution in [0.5, 0.6) is 5.75 Å². The van der Waals surface area contributed by atoms with Gasteiger partial charge in [-0.05, 0) is 42.8 Å². The molecule has 0 radical (unpaired) electrons. The molecule has 3 rings (SSSR count). The van der Waals surface area contributed by atoms with E-state index in [1.807, 2.05) is 6.92 Å². The molecule has 1 aliphatic rings. The topological polar surface area (TPSA) is 117 Å². The Morgan fingerprint density at radius 3 is 2.45 bits per heavy atom. The molecule has 3 N–H and O–H groups in total. The fourth-order valence-electron chi connectivity index (χ4n) is 3.20. The molecule has 1 heterocycles. The Morgan fingerprint density at radius 1 is 1.06 bits per heavy atom. The fraction of sp³-hybridized carbons (Fsp3) is 0.273. The smallest absolute Gasteiger partial charge is 0.325 e. The molecule has 0 spiro atoms. The van der Waals surface area contributed by atoms with E-state index in [4.69, 9.17) is 4.74 Å².